The van der Waals surface area contributed by atoms with E-state index in [2.05, 4.69) is 29.2 Å². The fraction of sp³-hybridized carbons (Fsp3) is 0.300. The summed E-state index contributed by atoms with van der Waals surface area (Å²) in [6, 6.07) is 25.9. The molecule has 5 nitrogen and oxygen atoms in total. The Kier molecular flexibility index (Phi) is 7.26. The monoisotopic (exact) mass is 502 g/mol. The third kappa shape index (κ3) is 5.11. The summed E-state index contributed by atoms with van der Waals surface area (Å²) in [7, 11) is 1.62. The summed E-state index contributed by atoms with van der Waals surface area (Å²) in [6.07, 6.45) is 1.23. The molecule has 2 N–H and O–H groups in total. The number of methoxy groups -OCH3 is 1. The summed E-state index contributed by atoms with van der Waals surface area (Å²) >= 11 is 6.22. The third-order valence-corrected chi connectivity index (χ3v) is 7.52. The number of aromatic nitrogens is 1. The predicted octanol–water partition coefficient (Wildman–Crippen LogP) is 5.55. The number of rotatable bonds is 7. The number of aliphatic hydroxyl groups excluding tert-OH is 1. The van der Waals surface area contributed by atoms with Gasteiger partial charge in [-0.3, -0.25) is 4.90 Å². The lowest BCUT2D eigenvalue weighted by Gasteiger charge is -2.43. The van der Waals surface area contributed by atoms with E-state index in [0.717, 1.165) is 47.2 Å². The molecule has 1 aliphatic rings. The van der Waals surface area contributed by atoms with Crippen molar-refractivity contribution in [2.75, 3.05) is 20.2 Å². The molecule has 4 aromatic rings. The number of halogens is 1. The molecule has 1 aromatic heterocycles. The number of piperidine rings is 1. The van der Waals surface area contributed by atoms with E-state index in [1.54, 1.807) is 7.11 Å². The van der Waals surface area contributed by atoms with Crippen LogP contribution in [0, 0.1) is 0 Å². The van der Waals surface area contributed by atoms with Gasteiger partial charge >= 0.3 is 0 Å². The van der Waals surface area contributed by atoms with Crippen molar-refractivity contribution in [3.63, 3.8) is 0 Å². The van der Waals surface area contributed by atoms with E-state index in [4.69, 9.17) is 21.3 Å². The molecule has 5 rings (SSSR count). The molecular formula is C30H31ClN2O3. The molecule has 0 spiro atoms. The van der Waals surface area contributed by atoms with Gasteiger partial charge in [-0.05, 0) is 59.9 Å². The number of nitrogens with zero attached hydrogens (tertiary/aromatic N) is 2. The van der Waals surface area contributed by atoms with Crippen LogP contribution >= 0.6 is 11.6 Å². The van der Waals surface area contributed by atoms with Crippen molar-refractivity contribution in [3.05, 3.63) is 106 Å². The number of benzene rings is 3. The summed E-state index contributed by atoms with van der Waals surface area (Å²) in [4.78, 5) is 7.17. The molecule has 6 heteroatoms. The van der Waals surface area contributed by atoms with Gasteiger partial charge in [0.25, 0.3) is 0 Å². The van der Waals surface area contributed by atoms with Crippen LogP contribution in [0.15, 0.2) is 78.9 Å². The van der Waals surface area contributed by atoms with E-state index >= 15 is 0 Å². The van der Waals surface area contributed by atoms with Gasteiger partial charge < -0.3 is 14.9 Å². The van der Waals surface area contributed by atoms with Crippen LogP contribution in [0.25, 0.3) is 10.9 Å². The molecule has 36 heavy (non-hydrogen) atoms. The molecule has 1 unspecified atom stereocenters. The predicted molar refractivity (Wildman–Crippen MR) is 143 cm³/mol. The van der Waals surface area contributed by atoms with Gasteiger partial charge in [-0.15, -0.1) is 0 Å². The number of ether oxygens (including phenoxy) is 1. The Balaban J connectivity index is 1.53. The van der Waals surface area contributed by atoms with Crippen LogP contribution in [-0.4, -0.2) is 45.9 Å². The number of aliphatic hydroxyl groups is 2. The molecule has 2 heterocycles. The highest BCUT2D eigenvalue weighted by Crippen LogP contribution is 2.45. The van der Waals surface area contributed by atoms with Gasteiger partial charge in [-0.25, -0.2) is 4.98 Å². The fourth-order valence-corrected chi connectivity index (χ4v) is 5.48. The summed E-state index contributed by atoms with van der Waals surface area (Å²) < 4.78 is 5.76. The van der Waals surface area contributed by atoms with Crippen molar-refractivity contribution < 1.29 is 14.9 Å². The lowest BCUT2D eigenvalue weighted by atomic mass is 9.72. The second-order valence-electron chi connectivity index (χ2n) is 9.62. The number of pyridine rings is 1. The Morgan fingerprint density at radius 1 is 0.972 bits per heavy atom. The molecule has 186 valence electrons. The lowest BCUT2D eigenvalue weighted by molar-refractivity contribution is -0.0360. The Labute approximate surface area is 216 Å². The molecule has 0 saturated carbocycles. The second kappa shape index (κ2) is 10.6. The van der Waals surface area contributed by atoms with Crippen LogP contribution in [-0.2, 0) is 13.2 Å². The van der Waals surface area contributed by atoms with Crippen molar-refractivity contribution in [1.82, 2.24) is 9.88 Å². The van der Waals surface area contributed by atoms with Gasteiger partial charge in [0.15, 0.2) is 0 Å². The van der Waals surface area contributed by atoms with E-state index in [1.807, 2.05) is 54.6 Å². The quantitative estimate of drug-likeness (QED) is 0.347. The van der Waals surface area contributed by atoms with Crippen LogP contribution in [0.5, 0.6) is 5.88 Å². The van der Waals surface area contributed by atoms with E-state index < -0.39 is 5.60 Å². The zero-order valence-corrected chi connectivity index (χ0v) is 21.2. The smallest absolute Gasteiger partial charge is 0.217 e. The van der Waals surface area contributed by atoms with Crippen LogP contribution in [0.3, 0.4) is 0 Å². The first-order chi connectivity index (χ1) is 17.5. The average Bonchev–Trinajstić information content (AvgIpc) is 2.91. The number of hydrogen-bond acceptors (Lipinski definition) is 5. The van der Waals surface area contributed by atoms with Crippen molar-refractivity contribution in [1.29, 1.82) is 0 Å². The number of likely N-dealkylation sites (tertiary alicyclic amines) is 1. The highest BCUT2D eigenvalue weighted by molar-refractivity contribution is 6.30. The minimum atomic E-state index is -0.988. The Hall–Kier alpha value is -2.96. The zero-order chi connectivity index (χ0) is 25.1. The van der Waals surface area contributed by atoms with E-state index in [0.29, 0.717) is 23.7 Å². The van der Waals surface area contributed by atoms with Crippen LogP contribution < -0.4 is 4.74 Å². The molecule has 1 aliphatic heterocycles. The maximum atomic E-state index is 12.2. The summed E-state index contributed by atoms with van der Waals surface area (Å²) in [5, 5.41) is 23.4. The molecule has 1 atom stereocenters. The number of fused-ring (bicyclic) bond motifs is 1. The van der Waals surface area contributed by atoms with E-state index in [-0.39, 0.29) is 12.5 Å². The molecule has 0 bridgehead atoms. The molecule has 1 saturated heterocycles. The van der Waals surface area contributed by atoms with Crippen LogP contribution in [0.2, 0.25) is 5.02 Å². The molecular weight excluding hydrogens is 472 g/mol. The van der Waals surface area contributed by atoms with E-state index in [1.165, 1.54) is 5.56 Å². The minimum Gasteiger partial charge on any atom is -0.481 e. The van der Waals surface area contributed by atoms with Crippen molar-refractivity contribution in [2.24, 2.45) is 0 Å². The summed E-state index contributed by atoms with van der Waals surface area (Å²) in [5.41, 5.74) is 3.69. The first-order valence-corrected chi connectivity index (χ1v) is 12.7. The third-order valence-electron chi connectivity index (χ3n) is 7.27. The fourth-order valence-electron chi connectivity index (χ4n) is 5.36. The molecule has 0 aliphatic carbocycles. The van der Waals surface area contributed by atoms with Crippen molar-refractivity contribution in [3.8, 4) is 5.88 Å². The van der Waals surface area contributed by atoms with Gasteiger partial charge in [0, 0.05) is 41.5 Å². The maximum Gasteiger partial charge on any atom is 0.217 e. The zero-order valence-electron chi connectivity index (χ0n) is 20.4. The van der Waals surface area contributed by atoms with E-state index in [9.17, 15) is 10.2 Å². The van der Waals surface area contributed by atoms with Crippen molar-refractivity contribution in [2.45, 2.75) is 37.5 Å². The molecule has 3 aromatic carbocycles. The van der Waals surface area contributed by atoms with Gasteiger partial charge in [-0.2, -0.15) is 0 Å². The first-order valence-electron chi connectivity index (χ1n) is 12.3. The average molecular weight is 503 g/mol. The molecule has 0 radical (unpaired) electrons. The lowest BCUT2D eigenvalue weighted by Crippen LogP contribution is -2.48. The number of hydrogen-bond donors (Lipinski definition) is 2. The standard InChI is InChI=1S/C30H31ClN2O3/c1-36-29-26(18-24-17-22(20-34)7-12-27(24)32-29)28(23-8-10-25(31)11-9-23)30(35)13-15-33(16-14-30)19-21-5-3-2-4-6-21/h2-12,17-18,28,34-35H,13-16,19-20H2,1H3. The minimum absolute atomic E-state index is 0.0426. The normalized spacial score (nSPS) is 16.7. The Bertz CT molecular complexity index is 1320. The first kappa shape index (κ1) is 24.7. The van der Waals surface area contributed by atoms with Gasteiger partial charge in [-0.1, -0.05) is 60.1 Å². The summed E-state index contributed by atoms with van der Waals surface area (Å²) in [6.45, 7) is 2.40. The SMILES string of the molecule is COc1nc2ccc(CO)cc2cc1C(c1ccc(Cl)cc1)C1(O)CCN(Cc2ccccc2)CC1. The molecule has 0 amide bonds. The largest absolute Gasteiger partial charge is 0.481 e. The highest BCUT2D eigenvalue weighted by atomic mass is 35.5. The van der Waals surface area contributed by atoms with Crippen LogP contribution in [0.4, 0.5) is 0 Å². The highest BCUT2D eigenvalue weighted by Gasteiger charge is 2.43. The Morgan fingerprint density at radius 2 is 1.69 bits per heavy atom. The maximum absolute atomic E-state index is 12.2. The van der Waals surface area contributed by atoms with Gasteiger partial charge in [0.1, 0.15) is 0 Å². The Morgan fingerprint density at radius 3 is 2.36 bits per heavy atom. The van der Waals surface area contributed by atoms with Crippen LogP contribution in [0.1, 0.15) is 41.0 Å². The second-order valence-corrected chi connectivity index (χ2v) is 10.1. The summed E-state index contributed by atoms with van der Waals surface area (Å²) in [5.74, 6) is 0.151. The van der Waals surface area contributed by atoms with Crippen molar-refractivity contribution >= 4 is 22.5 Å². The van der Waals surface area contributed by atoms with Gasteiger partial charge in [0.05, 0.1) is 24.8 Å². The topological polar surface area (TPSA) is 65.8 Å². The van der Waals surface area contributed by atoms with Gasteiger partial charge in [0.2, 0.25) is 5.88 Å². The molecule has 1 fully saturated rings.